The van der Waals surface area contributed by atoms with Crippen LogP contribution in [-0.4, -0.2) is 55.3 Å². The van der Waals surface area contributed by atoms with Crippen molar-refractivity contribution in [1.29, 1.82) is 0 Å². The van der Waals surface area contributed by atoms with Gasteiger partial charge in [-0.05, 0) is 30.7 Å². The number of hydrogen-bond donors (Lipinski definition) is 2. The molecular weight excluding hydrogens is 498 g/mol. The second-order valence-electron chi connectivity index (χ2n) is 6.02. The molecule has 3 heterocycles. The Balaban J connectivity index is 0.00000280. The van der Waals surface area contributed by atoms with Crippen molar-refractivity contribution in [1.82, 2.24) is 20.6 Å². The van der Waals surface area contributed by atoms with Crippen molar-refractivity contribution in [2.24, 2.45) is 4.99 Å². The number of anilines is 1. The lowest BCUT2D eigenvalue weighted by atomic mass is 10.3. The Morgan fingerprint density at radius 3 is 2.89 bits per heavy atom. The fourth-order valence-corrected chi connectivity index (χ4v) is 3.04. The van der Waals surface area contributed by atoms with Gasteiger partial charge in [0.15, 0.2) is 17.6 Å². The second-order valence-corrected chi connectivity index (χ2v) is 6.43. The summed E-state index contributed by atoms with van der Waals surface area (Å²) in [4.78, 5) is 14.4. The summed E-state index contributed by atoms with van der Waals surface area (Å²) in [7, 11) is 1.71. The van der Waals surface area contributed by atoms with E-state index in [9.17, 15) is 4.39 Å². The van der Waals surface area contributed by atoms with E-state index in [4.69, 9.17) is 16.3 Å². The molecule has 1 fully saturated rings. The minimum Gasteiger partial charge on any atom is -0.475 e. The zero-order valence-electron chi connectivity index (χ0n) is 15.4. The zero-order valence-corrected chi connectivity index (χ0v) is 18.5. The predicted molar refractivity (Wildman–Crippen MR) is 119 cm³/mol. The van der Waals surface area contributed by atoms with E-state index in [0.717, 1.165) is 13.0 Å². The van der Waals surface area contributed by atoms with Crippen LogP contribution in [0.5, 0.6) is 5.88 Å². The van der Waals surface area contributed by atoms with E-state index in [2.05, 4.69) is 25.6 Å². The minimum absolute atomic E-state index is 0. The summed E-state index contributed by atoms with van der Waals surface area (Å²) >= 11 is 6.00. The number of aromatic nitrogens is 2. The highest BCUT2D eigenvalue weighted by Gasteiger charge is 2.25. The molecule has 0 radical (unpaired) electrons. The van der Waals surface area contributed by atoms with Crippen molar-refractivity contribution in [2.45, 2.75) is 12.5 Å². The Hall–Kier alpha value is -1.88. The summed E-state index contributed by atoms with van der Waals surface area (Å²) in [5.41, 5.74) is 0. The molecule has 0 amide bonds. The highest BCUT2D eigenvalue weighted by atomic mass is 127. The number of halogens is 3. The third kappa shape index (κ3) is 6.06. The van der Waals surface area contributed by atoms with E-state index in [1.54, 1.807) is 37.6 Å². The van der Waals surface area contributed by atoms with Gasteiger partial charge in [-0.25, -0.2) is 14.4 Å². The van der Waals surface area contributed by atoms with Crippen molar-refractivity contribution >= 4 is 47.4 Å². The number of nitrogens with one attached hydrogen (secondary N) is 2. The lowest BCUT2D eigenvalue weighted by Crippen LogP contribution is -2.45. The number of pyridine rings is 2. The monoisotopic (exact) mass is 520 g/mol. The van der Waals surface area contributed by atoms with E-state index in [1.165, 1.54) is 6.07 Å². The summed E-state index contributed by atoms with van der Waals surface area (Å²) in [5, 5.41) is 7.01. The van der Waals surface area contributed by atoms with E-state index < -0.39 is 0 Å². The first-order valence-electron chi connectivity index (χ1n) is 8.73. The van der Waals surface area contributed by atoms with E-state index in [1.807, 2.05) is 4.90 Å². The zero-order chi connectivity index (χ0) is 19.1. The first-order chi connectivity index (χ1) is 13.2. The van der Waals surface area contributed by atoms with Crippen LogP contribution in [0.2, 0.25) is 5.02 Å². The highest BCUT2D eigenvalue weighted by molar-refractivity contribution is 14.0. The molecular formula is C18H23ClFIN6O. The lowest BCUT2D eigenvalue weighted by Gasteiger charge is -2.20. The van der Waals surface area contributed by atoms with Crippen LogP contribution in [0.3, 0.4) is 0 Å². The van der Waals surface area contributed by atoms with Gasteiger partial charge in [-0.3, -0.25) is 4.99 Å². The maximum absolute atomic E-state index is 13.9. The number of hydrogen-bond acceptors (Lipinski definition) is 5. The van der Waals surface area contributed by atoms with Crippen LogP contribution in [0.15, 0.2) is 41.7 Å². The van der Waals surface area contributed by atoms with Crippen LogP contribution in [0, 0.1) is 5.82 Å². The highest BCUT2D eigenvalue weighted by Crippen LogP contribution is 2.21. The van der Waals surface area contributed by atoms with Crippen LogP contribution in [-0.2, 0) is 0 Å². The molecule has 2 N–H and O–H groups in total. The minimum atomic E-state index is -0.300. The number of guanidine groups is 1. The summed E-state index contributed by atoms with van der Waals surface area (Å²) in [6.07, 6.45) is 4.11. The Bertz CT molecular complexity index is 796. The van der Waals surface area contributed by atoms with Crippen LogP contribution in [0.25, 0.3) is 0 Å². The van der Waals surface area contributed by atoms with Crippen LogP contribution < -0.4 is 20.3 Å². The number of aliphatic imine (C=N–C) groups is 1. The van der Waals surface area contributed by atoms with Gasteiger partial charge >= 0.3 is 0 Å². The van der Waals surface area contributed by atoms with Gasteiger partial charge in [0.2, 0.25) is 5.88 Å². The number of rotatable bonds is 6. The normalized spacial score (nSPS) is 16.5. The number of nitrogens with zero attached hydrogens (tertiary/aromatic N) is 4. The Kier molecular flexibility index (Phi) is 8.97. The largest absolute Gasteiger partial charge is 0.475 e. The molecule has 2 aromatic rings. The molecule has 152 valence electrons. The average molecular weight is 521 g/mol. The molecule has 0 aromatic carbocycles. The summed E-state index contributed by atoms with van der Waals surface area (Å²) in [5.74, 6) is 1.17. The summed E-state index contributed by atoms with van der Waals surface area (Å²) in [6.45, 7) is 2.34. The molecule has 1 atom stereocenters. The Morgan fingerprint density at radius 1 is 1.36 bits per heavy atom. The van der Waals surface area contributed by atoms with Gasteiger partial charge < -0.3 is 20.3 Å². The molecule has 0 bridgehead atoms. The molecule has 1 saturated heterocycles. The number of ether oxygens (including phenoxy) is 1. The smallest absolute Gasteiger partial charge is 0.232 e. The fourth-order valence-electron chi connectivity index (χ4n) is 2.86. The third-order valence-corrected chi connectivity index (χ3v) is 4.44. The third-order valence-electron chi connectivity index (χ3n) is 4.15. The van der Waals surface area contributed by atoms with Crippen molar-refractivity contribution in [3.63, 3.8) is 0 Å². The molecule has 10 heteroatoms. The van der Waals surface area contributed by atoms with Crippen molar-refractivity contribution < 1.29 is 9.13 Å². The first kappa shape index (κ1) is 22.4. The fraction of sp³-hybridized carbons (Fsp3) is 0.389. The van der Waals surface area contributed by atoms with Gasteiger partial charge in [0, 0.05) is 38.6 Å². The van der Waals surface area contributed by atoms with Gasteiger partial charge in [0.05, 0.1) is 6.54 Å². The average Bonchev–Trinajstić information content (AvgIpc) is 3.14. The van der Waals surface area contributed by atoms with Crippen LogP contribution >= 0.6 is 35.6 Å². The van der Waals surface area contributed by atoms with E-state index in [0.29, 0.717) is 42.4 Å². The lowest BCUT2D eigenvalue weighted by molar-refractivity contribution is 0.310. The molecule has 2 aromatic heterocycles. The molecule has 3 rings (SSSR count). The summed E-state index contributed by atoms with van der Waals surface area (Å²) in [6, 6.07) is 6.66. The van der Waals surface area contributed by atoms with Crippen LogP contribution in [0.4, 0.5) is 10.2 Å². The van der Waals surface area contributed by atoms with Gasteiger partial charge in [0.1, 0.15) is 11.6 Å². The van der Waals surface area contributed by atoms with E-state index >= 15 is 0 Å². The molecule has 7 nitrogen and oxygen atoms in total. The predicted octanol–water partition coefficient (Wildman–Crippen LogP) is 2.71. The maximum atomic E-state index is 13.9. The van der Waals surface area contributed by atoms with Crippen molar-refractivity contribution in [3.8, 4) is 5.88 Å². The maximum Gasteiger partial charge on any atom is 0.232 e. The quantitative estimate of drug-likeness (QED) is 0.264. The van der Waals surface area contributed by atoms with Gasteiger partial charge in [-0.15, -0.1) is 24.0 Å². The van der Waals surface area contributed by atoms with E-state index in [-0.39, 0.29) is 35.8 Å². The molecule has 28 heavy (non-hydrogen) atoms. The van der Waals surface area contributed by atoms with Crippen LogP contribution in [0.1, 0.15) is 6.42 Å². The molecule has 0 spiro atoms. The topological polar surface area (TPSA) is 74.7 Å². The molecule has 1 unspecified atom stereocenters. The van der Waals surface area contributed by atoms with Crippen molar-refractivity contribution in [2.75, 3.05) is 38.2 Å². The standard InChI is InChI=1S/C18H22ClFN6O.HI/c1-21-18(24-9-11-27-17-14(19)4-2-8-23-17)25-13-6-10-26(12-13)16-15(20)5-3-7-22-16;/h2-5,7-8,13H,6,9-12H2,1H3,(H2,21,24,25);1H. The first-order valence-corrected chi connectivity index (χ1v) is 9.11. The Labute approximate surface area is 185 Å². The second kappa shape index (κ2) is 11.2. The molecule has 1 aliphatic heterocycles. The van der Waals surface area contributed by atoms with Gasteiger partial charge in [-0.1, -0.05) is 11.6 Å². The SMILES string of the molecule is CN=C(NCCOc1ncccc1Cl)NC1CCN(c2ncccc2F)C1.I. The molecule has 0 saturated carbocycles. The summed E-state index contributed by atoms with van der Waals surface area (Å²) < 4.78 is 19.4. The van der Waals surface area contributed by atoms with Crippen molar-refractivity contribution in [3.05, 3.63) is 47.5 Å². The van der Waals surface area contributed by atoms with Gasteiger partial charge in [0.25, 0.3) is 0 Å². The molecule has 0 aliphatic carbocycles. The van der Waals surface area contributed by atoms with Gasteiger partial charge in [-0.2, -0.15) is 0 Å². The molecule has 1 aliphatic rings. The Morgan fingerprint density at radius 2 is 2.14 bits per heavy atom.